The number of urea groups is 1. The highest BCUT2D eigenvalue weighted by atomic mass is 16.6. The zero-order valence-corrected chi connectivity index (χ0v) is 18.3. The molecule has 0 saturated carbocycles. The second-order valence-electron chi connectivity index (χ2n) is 7.92. The van der Waals surface area contributed by atoms with Gasteiger partial charge in [-0.2, -0.15) is 0 Å². The lowest BCUT2D eigenvalue weighted by Crippen LogP contribution is -2.46. The van der Waals surface area contributed by atoms with Crippen molar-refractivity contribution in [2.75, 3.05) is 44.3 Å². The maximum absolute atomic E-state index is 12.5. The number of carbonyl (C=O) groups is 2. The molecule has 1 aromatic rings. The van der Waals surface area contributed by atoms with E-state index in [1.165, 1.54) is 0 Å². The van der Waals surface area contributed by atoms with Crippen LogP contribution in [0, 0.1) is 0 Å². The van der Waals surface area contributed by atoms with Gasteiger partial charge in [0.15, 0.2) is 11.5 Å². The third-order valence-corrected chi connectivity index (χ3v) is 5.68. The number of ether oxygens (including phenoxy) is 2. The van der Waals surface area contributed by atoms with Crippen molar-refractivity contribution in [3.63, 3.8) is 0 Å². The molecule has 0 radical (unpaired) electrons. The minimum atomic E-state index is -0.216. The van der Waals surface area contributed by atoms with Crippen LogP contribution in [0.5, 0.6) is 11.5 Å². The number of carbonyl (C=O) groups excluding carboxylic acids is 2. The van der Waals surface area contributed by atoms with E-state index >= 15 is 0 Å². The van der Waals surface area contributed by atoms with Crippen LogP contribution in [0.4, 0.5) is 10.5 Å². The first-order valence-electron chi connectivity index (χ1n) is 11.0. The SMILES string of the molecule is CCN(CC)CCC[C@H](C)NC(=O)N[C@H]1CC(=O)N(c2ccc3c(c2)OCCO3)C1. The van der Waals surface area contributed by atoms with Crippen molar-refractivity contribution in [3.05, 3.63) is 18.2 Å². The summed E-state index contributed by atoms with van der Waals surface area (Å²) in [6.07, 6.45) is 2.26. The predicted molar refractivity (Wildman–Crippen MR) is 116 cm³/mol. The number of amides is 3. The van der Waals surface area contributed by atoms with E-state index in [0.717, 1.165) is 38.2 Å². The van der Waals surface area contributed by atoms with E-state index < -0.39 is 0 Å². The van der Waals surface area contributed by atoms with Gasteiger partial charge < -0.3 is 29.9 Å². The molecule has 2 heterocycles. The molecule has 1 aromatic carbocycles. The Hall–Kier alpha value is -2.48. The summed E-state index contributed by atoms with van der Waals surface area (Å²) < 4.78 is 11.1. The van der Waals surface area contributed by atoms with Crippen molar-refractivity contribution in [1.82, 2.24) is 15.5 Å². The zero-order chi connectivity index (χ0) is 21.5. The molecule has 2 aliphatic rings. The van der Waals surface area contributed by atoms with E-state index in [-0.39, 0.29) is 30.4 Å². The maximum atomic E-state index is 12.5. The number of anilines is 1. The van der Waals surface area contributed by atoms with Crippen LogP contribution in [0.15, 0.2) is 18.2 Å². The largest absolute Gasteiger partial charge is 0.486 e. The number of rotatable bonds is 9. The van der Waals surface area contributed by atoms with Gasteiger partial charge in [0, 0.05) is 30.8 Å². The van der Waals surface area contributed by atoms with Crippen LogP contribution in [0.2, 0.25) is 0 Å². The van der Waals surface area contributed by atoms with E-state index in [9.17, 15) is 9.59 Å². The Morgan fingerprint density at radius 2 is 1.97 bits per heavy atom. The molecule has 2 atom stereocenters. The summed E-state index contributed by atoms with van der Waals surface area (Å²) >= 11 is 0. The van der Waals surface area contributed by atoms with Crippen LogP contribution >= 0.6 is 0 Å². The Labute approximate surface area is 178 Å². The first kappa shape index (κ1) is 22.2. The molecule has 3 amide bonds. The van der Waals surface area contributed by atoms with Gasteiger partial charge in [-0.15, -0.1) is 0 Å². The molecule has 8 nitrogen and oxygen atoms in total. The van der Waals surface area contributed by atoms with Gasteiger partial charge in [-0.3, -0.25) is 4.79 Å². The summed E-state index contributed by atoms with van der Waals surface area (Å²) in [5.41, 5.74) is 0.763. The highest BCUT2D eigenvalue weighted by Crippen LogP contribution is 2.35. The van der Waals surface area contributed by atoms with Crippen molar-refractivity contribution in [2.45, 2.75) is 52.1 Å². The van der Waals surface area contributed by atoms with Gasteiger partial charge in [0.1, 0.15) is 13.2 Å². The lowest BCUT2D eigenvalue weighted by molar-refractivity contribution is -0.117. The van der Waals surface area contributed by atoms with E-state index in [1.807, 2.05) is 25.1 Å². The Balaban J connectivity index is 1.45. The average Bonchev–Trinajstić information content (AvgIpc) is 3.10. The van der Waals surface area contributed by atoms with E-state index in [4.69, 9.17) is 9.47 Å². The van der Waals surface area contributed by atoms with Gasteiger partial charge in [-0.05, 0) is 51.5 Å². The molecule has 1 saturated heterocycles. The van der Waals surface area contributed by atoms with E-state index in [1.54, 1.807) is 4.90 Å². The van der Waals surface area contributed by atoms with Gasteiger partial charge in [-0.25, -0.2) is 4.79 Å². The molecule has 0 unspecified atom stereocenters. The number of benzene rings is 1. The smallest absolute Gasteiger partial charge is 0.315 e. The minimum Gasteiger partial charge on any atom is -0.486 e. The summed E-state index contributed by atoms with van der Waals surface area (Å²) in [6.45, 7) is 11.0. The van der Waals surface area contributed by atoms with Crippen molar-refractivity contribution in [3.8, 4) is 11.5 Å². The lowest BCUT2D eigenvalue weighted by atomic mass is 10.2. The molecular weight excluding hydrogens is 384 g/mol. The first-order chi connectivity index (χ1) is 14.5. The summed E-state index contributed by atoms with van der Waals surface area (Å²) in [5, 5.41) is 5.94. The molecule has 2 N–H and O–H groups in total. The number of hydrogen-bond donors (Lipinski definition) is 2. The van der Waals surface area contributed by atoms with E-state index in [0.29, 0.717) is 31.3 Å². The Bertz CT molecular complexity index is 738. The molecular formula is C22H34N4O4. The summed E-state index contributed by atoms with van der Waals surface area (Å²) in [6, 6.07) is 5.16. The number of nitrogens with zero attached hydrogens (tertiary/aromatic N) is 2. The molecule has 0 aromatic heterocycles. The lowest BCUT2D eigenvalue weighted by Gasteiger charge is -2.22. The highest BCUT2D eigenvalue weighted by Gasteiger charge is 2.32. The molecule has 8 heteroatoms. The third-order valence-electron chi connectivity index (χ3n) is 5.68. The van der Waals surface area contributed by atoms with E-state index in [2.05, 4.69) is 29.4 Å². The van der Waals surface area contributed by atoms with Gasteiger partial charge in [0.05, 0.1) is 6.04 Å². The van der Waals surface area contributed by atoms with Crippen molar-refractivity contribution >= 4 is 17.6 Å². The second-order valence-corrected chi connectivity index (χ2v) is 7.92. The number of nitrogens with one attached hydrogen (secondary N) is 2. The molecule has 30 heavy (non-hydrogen) atoms. The van der Waals surface area contributed by atoms with Gasteiger partial charge in [-0.1, -0.05) is 13.8 Å². The fourth-order valence-electron chi connectivity index (χ4n) is 3.94. The van der Waals surface area contributed by atoms with Gasteiger partial charge in [0.2, 0.25) is 5.91 Å². The second kappa shape index (κ2) is 10.5. The summed E-state index contributed by atoms with van der Waals surface area (Å²) in [5.74, 6) is 1.34. The van der Waals surface area contributed by atoms with Gasteiger partial charge in [0.25, 0.3) is 0 Å². The normalized spacial score (nSPS) is 19.1. The van der Waals surface area contributed by atoms with Crippen LogP contribution in [0.25, 0.3) is 0 Å². The Morgan fingerprint density at radius 1 is 1.23 bits per heavy atom. The van der Waals surface area contributed by atoms with Crippen LogP contribution in [0.1, 0.15) is 40.0 Å². The van der Waals surface area contributed by atoms with Gasteiger partial charge >= 0.3 is 6.03 Å². The third kappa shape index (κ3) is 5.78. The Kier molecular flexibility index (Phi) is 7.79. The quantitative estimate of drug-likeness (QED) is 0.643. The number of fused-ring (bicyclic) bond motifs is 1. The topological polar surface area (TPSA) is 83.1 Å². The maximum Gasteiger partial charge on any atom is 0.315 e. The van der Waals surface area contributed by atoms with Crippen molar-refractivity contribution < 1.29 is 19.1 Å². The molecule has 0 bridgehead atoms. The van der Waals surface area contributed by atoms with Crippen LogP contribution < -0.4 is 25.0 Å². The average molecular weight is 419 g/mol. The van der Waals surface area contributed by atoms with Crippen LogP contribution in [-0.4, -0.2) is 68.3 Å². The minimum absolute atomic E-state index is 0.00995. The molecule has 2 aliphatic heterocycles. The molecule has 3 rings (SSSR count). The summed E-state index contributed by atoms with van der Waals surface area (Å²) in [4.78, 5) is 28.9. The number of hydrogen-bond acceptors (Lipinski definition) is 5. The zero-order valence-electron chi connectivity index (χ0n) is 18.3. The Morgan fingerprint density at radius 3 is 2.70 bits per heavy atom. The molecule has 0 spiro atoms. The molecule has 0 aliphatic carbocycles. The van der Waals surface area contributed by atoms with Crippen LogP contribution in [-0.2, 0) is 4.79 Å². The van der Waals surface area contributed by atoms with Crippen LogP contribution in [0.3, 0.4) is 0 Å². The fourth-order valence-corrected chi connectivity index (χ4v) is 3.94. The molecule has 166 valence electrons. The predicted octanol–water partition coefficient (Wildman–Crippen LogP) is 2.37. The summed E-state index contributed by atoms with van der Waals surface area (Å²) in [7, 11) is 0. The first-order valence-corrected chi connectivity index (χ1v) is 11.0. The monoisotopic (exact) mass is 418 g/mol. The molecule has 1 fully saturated rings. The fraction of sp³-hybridized carbons (Fsp3) is 0.636. The highest BCUT2D eigenvalue weighted by molar-refractivity contribution is 5.97. The van der Waals surface area contributed by atoms with Crippen molar-refractivity contribution in [1.29, 1.82) is 0 Å². The standard InChI is InChI=1S/C22H34N4O4/c1-4-25(5-2)10-6-7-16(3)23-22(28)24-17-13-21(27)26(15-17)18-8-9-19-20(14-18)30-12-11-29-19/h8-9,14,16-17H,4-7,10-13,15H2,1-3H3,(H2,23,24,28)/t16-,17-/m0/s1. The van der Waals surface area contributed by atoms with Crippen molar-refractivity contribution in [2.24, 2.45) is 0 Å².